The number of carbonyl (C=O) groups is 2. The molecule has 1 atom stereocenters. The summed E-state index contributed by atoms with van der Waals surface area (Å²) in [6, 6.07) is 6.98. The lowest BCUT2D eigenvalue weighted by atomic mass is 10.2. The van der Waals surface area contributed by atoms with E-state index in [1.165, 1.54) is 0 Å². The summed E-state index contributed by atoms with van der Waals surface area (Å²) in [5.41, 5.74) is 0.407. The molecule has 0 aromatic heterocycles. The summed E-state index contributed by atoms with van der Waals surface area (Å²) >= 11 is 0. The predicted octanol–water partition coefficient (Wildman–Crippen LogP) is 2.30. The fraction of sp³-hybridized carbons (Fsp3) is 0.500. The zero-order chi connectivity index (χ0) is 15.2. The van der Waals surface area contributed by atoms with E-state index in [1.54, 1.807) is 31.2 Å². The van der Waals surface area contributed by atoms with Crippen molar-refractivity contribution in [1.29, 1.82) is 0 Å². The van der Waals surface area contributed by atoms with Crippen molar-refractivity contribution in [3.05, 3.63) is 29.8 Å². The van der Waals surface area contributed by atoms with Crippen LogP contribution in [-0.4, -0.2) is 30.6 Å². The fourth-order valence-corrected chi connectivity index (χ4v) is 1.74. The number of amides is 1. The Morgan fingerprint density at radius 3 is 2.52 bits per heavy atom. The van der Waals surface area contributed by atoms with Crippen LogP contribution in [0.15, 0.2) is 24.3 Å². The van der Waals surface area contributed by atoms with Gasteiger partial charge in [-0.25, -0.2) is 4.79 Å². The standard InChI is InChI=1S/C16H21NO4/c1-3-10-20-14-8-4-12(5-9-14)16(19)21-11(2)15(18)17-13-6-7-13/h4-5,8-9,11,13H,3,6-7,10H2,1-2H3,(H,17,18)/t11-/m1/s1. The van der Waals surface area contributed by atoms with Gasteiger partial charge in [-0.3, -0.25) is 4.79 Å². The summed E-state index contributed by atoms with van der Waals surface area (Å²) < 4.78 is 10.6. The number of esters is 1. The Balaban J connectivity index is 1.85. The molecule has 2 rings (SSSR count). The Hall–Kier alpha value is -2.04. The minimum absolute atomic E-state index is 0.242. The van der Waals surface area contributed by atoms with Crippen molar-refractivity contribution < 1.29 is 19.1 Å². The molecule has 0 bridgehead atoms. The Morgan fingerprint density at radius 1 is 1.29 bits per heavy atom. The lowest BCUT2D eigenvalue weighted by Gasteiger charge is -2.13. The van der Waals surface area contributed by atoms with Crippen molar-refractivity contribution in [3.63, 3.8) is 0 Å². The number of rotatable bonds is 7. The molecule has 0 radical (unpaired) electrons. The molecule has 0 unspecified atom stereocenters. The first kappa shape index (κ1) is 15.4. The number of benzene rings is 1. The Labute approximate surface area is 124 Å². The van der Waals surface area contributed by atoms with E-state index in [9.17, 15) is 9.59 Å². The Morgan fingerprint density at radius 2 is 1.95 bits per heavy atom. The molecule has 0 spiro atoms. The highest BCUT2D eigenvalue weighted by Crippen LogP contribution is 2.19. The van der Waals surface area contributed by atoms with Crippen LogP contribution in [0.3, 0.4) is 0 Å². The van der Waals surface area contributed by atoms with E-state index in [0.717, 1.165) is 19.3 Å². The van der Waals surface area contributed by atoms with Crippen LogP contribution in [0.1, 0.15) is 43.5 Å². The zero-order valence-corrected chi connectivity index (χ0v) is 12.4. The van der Waals surface area contributed by atoms with Gasteiger partial charge in [0, 0.05) is 6.04 Å². The van der Waals surface area contributed by atoms with Crippen LogP contribution in [0.5, 0.6) is 5.75 Å². The van der Waals surface area contributed by atoms with Crippen molar-refractivity contribution in [2.45, 2.75) is 45.3 Å². The number of nitrogens with one attached hydrogen (secondary N) is 1. The summed E-state index contributed by atoms with van der Waals surface area (Å²) in [6.45, 7) is 4.25. The summed E-state index contributed by atoms with van der Waals surface area (Å²) in [5.74, 6) is -0.0304. The minimum Gasteiger partial charge on any atom is -0.494 e. The van der Waals surface area contributed by atoms with Gasteiger partial charge >= 0.3 is 5.97 Å². The molecule has 5 nitrogen and oxygen atoms in total. The zero-order valence-electron chi connectivity index (χ0n) is 12.4. The highest BCUT2D eigenvalue weighted by Gasteiger charge is 2.27. The second kappa shape index (κ2) is 7.11. The molecule has 1 fully saturated rings. The Bertz CT molecular complexity index is 494. The summed E-state index contributed by atoms with van der Waals surface area (Å²) in [5, 5.41) is 2.81. The van der Waals surface area contributed by atoms with E-state index in [-0.39, 0.29) is 11.9 Å². The maximum absolute atomic E-state index is 11.9. The SMILES string of the molecule is CCCOc1ccc(C(=O)O[C@H](C)C(=O)NC2CC2)cc1. The van der Waals surface area contributed by atoms with Gasteiger partial charge < -0.3 is 14.8 Å². The van der Waals surface area contributed by atoms with Gasteiger partial charge in [0.05, 0.1) is 12.2 Å². The average Bonchev–Trinajstić information content (AvgIpc) is 3.29. The summed E-state index contributed by atoms with van der Waals surface area (Å²) in [6.07, 6.45) is 2.16. The van der Waals surface area contributed by atoms with Gasteiger partial charge in [-0.2, -0.15) is 0 Å². The summed E-state index contributed by atoms with van der Waals surface area (Å²) in [7, 11) is 0. The van der Waals surface area contributed by atoms with Gasteiger partial charge in [0.25, 0.3) is 5.91 Å². The van der Waals surface area contributed by atoms with Gasteiger partial charge in [0.15, 0.2) is 6.10 Å². The van der Waals surface area contributed by atoms with Crippen LogP contribution >= 0.6 is 0 Å². The molecule has 1 aromatic carbocycles. The van der Waals surface area contributed by atoms with Crippen molar-refractivity contribution in [2.75, 3.05) is 6.61 Å². The third kappa shape index (κ3) is 4.77. The second-order valence-electron chi connectivity index (χ2n) is 5.20. The molecule has 1 amide bonds. The molecule has 1 aliphatic rings. The summed E-state index contributed by atoms with van der Waals surface area (Å²) in [4.78, 5) is 23.7. The van der Waals surface area contributed by atoms with Crippen LogP contribution in [0, 0.1) is 0 Å². The van der Waals surface area contributed by atoms with Crippen LogP contribution < -0.4 is 10.1 Å². The maximum atomic E-state index is 11.9. The number of carbonyl (C=O) groups excluding carboxylic acids is 2. The molecule has 0 aliphatic heterocycles. The first-order valence-electron chi connectivity index (χ1n) is 7.34. The number of hydrogen-bond donors (Lipinski definition) is 1. The van der Waals surface area contributed by atoms with Gasteiger partial charge in [-0.05, 0) is 50.5 Å². The van der Waals surface area contributed by atoms with Gasteiger partial charge in [0.2, 0.25) is 0 Å². The smallest absolute Gasteiger partial charge is 0.338 e. The first-order chi connectivity index (χ1) is 10.1. The fourth-order valence-electron chi connectivity index (χ4n) is 1.74. The molecular weight excluding hydrogens is 270 g/mol. The topological polar surface area (TPSA) is 64.6 Å². The van der Waals surface area contributed by atoms with Crippen LogP contribution in [0.25, 0.3) is 0 Å². The molecule has 1 aliphatic carbocycles. The van der Waals surface area contributed by atoms with Gasteiger partial charge in [0.1, 0.15) is 5.75 Å². The van der Waals surface area contributed by atoms with E-state index in [4.69, 9.17) is 9.47 Å². The van der Waals surface area contributed by atoms with E-state index in [0.29, 0.717) is 17.9 Å². The van der Waals surface area contributed by atoms with E-state index in [1.807, 2.05) is 6.92 Å². The molecular formula is C16H21NO4. The van der Waals surface area contributed by atoms with Crippen molar-refractivity contribution in [1.82, 2.24) is 5.32 Å². The molecule has 0 heterocycles. The molecule has 1 saturated carbocycles. The molecule has 1 aromatic rings. The molecule has 5 heteroatoms. The Kier molecular flexibility index (Phi) is 5.20. The molecule has 21 heavy (non-hydrogen) atoms. The minimum atomic E-state index is -0.783. The maximum Gasteiger partial charge on any atom is 0.338 e. The lowest BCUT2D eigenvalue weighted by Crippen LogP contribution is -2.37. The van der Waals surface area contributed by atoms with E-state index in [2.05, 4.69) is 5.32 Å². The van der Waals surface area contributed by atoms with E-state index >= 15 is 0 Å². The number of ether oxygens (including phenoxy) is 2. The molecule has 0 saturated heterocycles. The third-order valence-corrected chi connectivity index (χ3v) is 3.14. The normalized spacial score (nSPS) is 15.1. The van der Waals surface area contributed by atoms with Crippen molar-refractivity contribution in [2.24, 2.45) is 0 Å². The van der Waals surface area contributed by atoms with E-state index < -0.39 is 12.1 Å². The average molecular weight is 291 g/mol. The monoisotopic (exact) mass is 291 g/mol. The highest BCUT2D eigenvalue weighted by molar-refractivity contribution is 5.92. The van der Waals surface area contributed by atoms with Crippen LogP contribution in [-0.2, 0) is 9.53 Å². The predicted molar refractivity (Wildman–Crippen MR) is 78.3 cm³/mol. The van der Waals surface area contributed by atoms with Crippen molar-refractivity contribution in [3.8, 4) is 5.75 Å². The second-order valence-corrected chi connectivity index (χ2v) is 5.20. The quantitative estimate of drug-likeness (QED) is 0.783. The first-order valence-corrected chi connectivity index (χ1v) is 7.34. The molecule has 1 N–H and O–H groups in total. The largest absolute Gasteiger partial charge is 0.494 e. The van der Waals surface area contributed by atoms with Gasteiger partial charge in [-0.15, -0.1) is 0 Å². The van der Waals surface area contributed by atoms with Crippen molar-refractivity contribution >= 4 is 11.9 Å². The lowest BCUT2D eigenvalue weighted by molar-refractivity contribution is -0.129. The van der Waals surface area contributed by atoms with Gasteiger partial charge in [-0.1, -0.05) is 6.92 Å². The highest BCUT2D eigenvalue weighted by atomic mass is 16.5. The third-order valence-electron chi connectivity index (χ3n) is 3.14. The molecule has 114 valence electrons. The number of hydrogen-bond acceptors (Lipinski definition) is 4. The van der Waals surface area contributed by atoms with Crippen LogP contribution in [0.4, 0.5) is 0 Å². The van der Waals surface area contributed by atoms with Crippen LogP contribution in [0.2, 0.25) is 0 Å².